The van der Waals surface area contributed by atoms with E-state index in [-0.39, 0.29) is 5.91 Å². The fourth-order valence-electron chi connectivity index (χ4n) is 1.63. The van der Waals surface area contributed by atoms with Gasteiger partial charge in [-0.2, -0.15) is 0 Å². The van der Waals surface area contributed by atoms with Crippen LogP contribution in [0.1, 0.15) is 26.3 Å². The molecule has 0 unspecified atom stereocenters. The van der Waals surface area contributed by atoms with Crippen molar-refractivity contribution in [1.82, 2.24) is 10.6 Å². The number of benzene rings is 1. The summed E-state index contributed by atoms with van der Waals surface area (Å²) in [5.41, 5.74) is 5.82. The van der Waals surface area contributed by atoms with E-state index < -0.39 is 5.41 Å². The number of nitrogens with one attached hydrogen (secondary N) is 2. The molecule has 1 amide bonds. The summed E-state index contributed by atoms with van der Waals surface area (Å²) in [5, 5.41) is 6.30. The molecule has 0 aliphatic carbocycles. The third-order valence-electron chi connectivity index (χ3n) is 3.29. The van der Waals surface area contributed by atoms with E-state index in [0.29, 0.717) is 19.0 Å². The number of carbonyl (C=O) groups excluding carboxylic acids is 1. The number of nitrogens with zero attached hydrogens (tertiary/aromatic N) is 1. The minimum Gasteiger partial charge on any atom is -0.497 e. The van der Waals surface area contributed by atoms with Crippen molar-refractivity contribution < 1.29 is 9.53 Å². The molecule has 0 heterocycles. The summed E-state index contributed by atoms with van der Waals surface area (Å²) in [7, 11) is 1.64. The van der Waals surface area contributed by atoms with E-state index in [9.17, 15) is 4.79 Å². The first-order chi connectivity index (χ1) is 10.4. The Hall–Kier alpha value is -2.24. The maximum Gasteiger partial charge on any atom is 0.224 e. The molecule has 0 atom stereocenters. The van der Waals surface area contributed by atoms with Crippen LogP contribution in [0.2, 0.25) is 0 Å². The maximum atomic E-state index is 11.3. The molecule has 1 aromatic rings. The lowest BCUT2D eigenvalue weighted by Crippen LogP contribution is -2.46. The van der Waals surface area contributed by atoms with Crippen LogP contribution in [-0.2, 0) is 11.3 Å². The van der Waals surface area contributed by atoms with Gasteiger partial charge in [0.05, 0.1) is 19.1 Å². The van der Waals surface area contributed by atoms with E-state index in [1.54, 1.807) is 21.0 Å². The van der Waals surface area contributed by atoms with E-state index in [0.717, 1.165) is 17.9 Å². The molecule has 0 aliphatic rings. The number of hydrogen-bond acceptors (Lipinski definition) is 3. The smallest absolute Gasteiger partial charge is 0.224 e. The molecule has 0 fully saturated rings. The minimum absolute atomic E-state index is 0.342. The molecule has 0 aliphatic heterocycles. The average Bonchev–Trinajstić information content (AvgIpc) is 2.50. The van der Waals surface area contributed by atoms with Gasteiger partial charge in [-0.15, -0.1) is 0 Å². The number of rotatable bonds is 7. The second kappa shape index (κ2) is 8.26. The van der Waals surface area contributed by atoms with Crippen LogP contribution in [0.4, 0.5) is 0 Å². The van der Waals surface area contributed by atoms with Crippen molar-refractivity contribution in [3.63, 3.8) is 0 Å². The quantitative estimate of drug-likeness (QED) is 0.523. The number of carbonyl (C=O) groups is 1. The molecule has 1 aromatic carbocycles. The Morgan fingerprint density at radius 1 is 1.27 bits per heavy atom. The predicted octanol–water partition coefficient (Wildman–Crippen LogP) is 1.26. The number of amides is 1. The Bertz CT molecular complexity index is 509. The van der Waals surface area contributed by atoms with Crippen LogP contribution in [0.3, 0.4) is 0 Å². The minimum atomic E-state index is -0.629. The zero-order valence-electron chi connectivity index (χ0n) is 13.8. The molecule has 122 valence electrons. The SMILES string of the molecule is CCNC(=NCc1ccc(OC)cc1)NCC(C)(C)C(N)=O. The standard InChI is InChI=1S/C16H26N4O2/c1-5-18-15(20-11-16(2,3)14(17)21)19-10-12-6-8-13(22-4)9-7-12/h6-9H,5,10-11H2,1-4H3,(H2,17,21)(H2,18,19,20). The summed E-state index contributed by atoms with van der Waals surface area (Å²) in [5.74, 6) is 1.14. The van der Waals surface area contributed by atoms with Gasteiger partial charge in [0.1, 0.15) is 5.75 Å². The molecule has 0 saturated heterocycles. The van der Waals surface area contributed by atoms with Crippen LogP contribution < -0.4 is 21.1 Å². The molecule has 1 rings (SSSR count). The van der Waals surface area contributed by atoms with E-state index >= 15 is 0 Å². The normalized spacial score (nSPS) is 11.9. The Morgan fingerprint density at radius 3 is 2.41 bits per heavy atom. The fourth-order valence-corrected chi connectivity index (χ4v) is 1.63. The molecule has 22 heavy (non-hydrogen) atoms. The Morgan fingerprint density at radius 2 is 1.91 bits per heavy atom. The molecule has 6 heteroatoms. The number of guanidine groups is 1. The zero-order chi connectivity index (χ0) is 16.6. The maximum absolute atomic E-state index is 11.3. The van der Waals surface area contributed by atoms with E-state index in [2.05, 4.69) is 15.6 Å². The molecular weight excluding hydrogens is 280 g/mol. The lowest BCUT2D eigenvalue weighted by atomic mass is 9.93. The zero-order valence-corrected chi connectivity index (χ0v) is 13.8. The van der Waals surface area contributed by atoms with Gasteiger partial charge in [0.25, 0.3) is 0 Å². The van der Waals surface area contributed by atoms with Crippen molar-refractivity contribution in [2.24, 2.45) is 16.1 Å². The van der Waals surface area contributed by atoms with Crippen molar-refractivity contribution >= 4 is 11.9 Å². The first kappa shape index (κ1) is 17.8. The highest BCUT2D eigenvalue weighted by Gasteiger charge is 2.24. The summed E-state index contributed by atoms with van der Waals surface area (Å²) in [6, 6.07) is 7.75. The van der Waals surface area contributed by atoms with Crippen LogP contribution in [0, 0.1) is 5.41 Å². The average molecular weight is 306 g/mol. The highest BCUT2D eigenvalue weighted by Crippen LogP contribution is 2.13. The molecule has 4 N–H and O–H groups in total. The van der Waals surface area contributed by atoms with Crippen molar-refractivity contribution in [1.29, 1.82) is 0 Å². The summed E-state index contributed by atoms with van der Waals surface area (Å²) in [6.07, 6.45) is 0. The van der Waals surface area contributed by atoms with Gasteiger partial charge in [0.2, 0.25) is 5.91 Å². The third kappa shape index (κ3) is 5.63. The van der Waals surface area contributed by atoms with E-state index in [1.165, 1.54) is 0 Å². The molecule has 0 aromatic heterocycles. The van der Waals surface area contributed by atoms with Gasteiger partial charge in [-0.25, -0.2) is 4.99 Å². The number of nitrogens with two attached hydrogens (primary N) is 1. The van der Waals surface area contributed by atoms with Gasteiger partial charge in [-0.05, 0) is 38.5 Å². The molecule has 0 radical (unpaired) electrons. The van der Waals surface area contributed by atoms with Crippen LogP contribution in [0.5, 0.6) is 5.75 Å². The number of ether oxygens (including phenoxy) is 1. The Balaban J connectivity index is 2.66. The number of methoxy groups -OCH3 is 1. The Labute approximate surface area is 132 Å². The van der Waals surface area contributed by atoms with Crippen LogP contribution in [-0.4, -0.2) is 32.1 Å². The number of aliphatic imine (C=N–C) groups is 1. The van der Waals surface area contributed by atoms with Crippen LogP contribution in [0.15, 0.2) is 29.3 Å². The second-order valence-corrected chi connectivity index (χ2v) is 5.64. The summed E-state index contributed by atoms with van der Waals surface area (Å²) in [4.78, 5) is 15.8. The lowest BCUT2D eigenvalue weighted by molar-refractivity contribution is -0.125. The number of primary amides is 1. The van der Waals surface area contributed by atoms with Crippen molar-refractivity contribution in [2.75, 3.05) is 20.2 Å². The fraction of sp³-hybridized carbons (Fsp3) is 0.500. The largest absolute Gasteiger partial charge is 0.497 e. The van der Waals surface area contributed by atoms with Gasteiger partial charge >= 0.3 is 0 Å². The Kier molecular flexibility index (Phi) is 6.69. The van der Waals surface area contributed by atoms with Gasteiger partial charge in [0, 0.05) is 13.1 Å². The second-order valence-electron chi connectivity index (χ2n) is 5.64. The van der Waals surface area contributed by atoms with Crippen molar-refractivity contribution in [3.8, 4) is 5.75 Å². The lowest BCUT2D eigenvalue weighted by Gasteiger charge is -2.22. The molecular formula is C16H26N4O2. The van der Waals surface area contributed by atoms with Crippen LogP contribution >= 0.6 is 0 Å². The third-order valence-corrected chi connectivity index (χ3v) is 3.29. The summed E-state index contributed by atoms with van der Waals surface area (Å²) < 4.78 is 5.13. The van der Waals surface area contributed by atoms with Crippen molar-refractivity contribution in [2.45, 2.75) is 27.3 Å². The summed E-state index contributed by atoms with van der Waals surface area (Å²) >= 11 is 0. The van der Waals surface area contributed by atoms with E-state index in [4.69, 9.17) is 10.5 Å². The monoisotopic (exact) mass is 306 g/mol. The first-order valence-corrected chi connectivity index (χ1v) is 7.34. The van der Waals surface area contributed by atoms with Gasteiger partial charge in [0.15, 0.2) is 5.96 Å². The summed E-state index contributed by atoms with van der Waals surface area (Å²) in [6.45, 7) is 7.30. The van der Waals surface area contributed by atoms with Crippen LogP contribution in [0.25, 0.3) is 0 Å². The number of hydrogen-bond donors (Lipinski definition) is 3. The highest BCUT2D eigenvalue weighted by molar-refractivity contribution is 5.83. The molecule has 0 bridgehead atoms. The van der Waals surface area contributed by atoms with Gasteiger partial charge < -0.3 is 21.1 Å². The van der Waals surface area contributed by atoms with Gasteiger partial charge in [-0.3, -0.25) is 4.79 Å². The molecule has 6 nitrogen and oxygen atoms in total. The topological polar surface area (TPSA) is 88.7 Å². The molecule has 0 saturated carbocycles. The molecule has 0 spiro atoms. The first-order valence-electron chi connectivity index (χ1n) is 7.34. The van der Waals surface area contributed by atoms with E-state index in [1.807, 2.05) is 31.2 Å². The van der Waals surface area contributed by atoms with Gasteiger partial charge in [-0.1, -0.05) is 12.1 Å². The van der Waals surface area contributed by atoms with Crippen molar-refractivity contribution in [3.05, 3.63) is 29.8 Å². The predicted molar refractivity (Wildman–Crippen MR) is 88.8 cm³/mol. The highest BCUT2D eigenvalue weighted by atomic mass is 16.5.